The van der Waals surface area contributed by atoms with E-state index < -0.39 is 11.9 Å². The number of hydrogen-bond acceptors (Lipinski definition) is 4. The van der Waals surface area contributed by atoms with Gasteiger partial charge in [-0.15, -0.1) is 0 Å². The second kappa shape index (κ2) is 32.3. The highest BCUT2D eigenvalue weighted by atomic mass is 16.6. The van der Waals surface area contributed by atoms with E-state index in [1.165, 1.54) is 141 Å². The lowest BCUT2D eigenvalue weighted by Gasteiger charge is -2.05. The summed E-state index contributed by atoms with van der Waals surface area (Å²) in [5, 5.41) is 0. The fourth-order valence-corrected chi connectivity index (χ4v) is 5.40. The van der Waals surface area contributed by atoms with Crippen LogP contribution < -0.4 is 0 Å². The van der Waals surface area contributed by atoms with E-state index in [9.17, 15) is 14.4 Å². The van der Waals surface area contributed by atoms with Crippen molar-refractivity contribution in [3.63, 3.8) is 0 Å². The highest BCUT2D eigenvalue weighted by molar-refractivity contribution is 5.88. The third-order valence-electron chi connectivity index (χ3n) is 8.13. The number of carbonyl (C=O) groups is 3. The van der Waals surface area contributed by atoms with E-state index in [0.29, 0.717) is 12.8 Å². The van der Waals surface area contributed by atoms with E-state index in [-0.39, 0.29) is 18.6 Å². The molecule has 0 amide bonds. The predicted octanol–water partition coefficient (Wildman–Crippen LogP) is 11.8. The first-order valence-electron chi connectivity index (χ1n) is 17.8. The minimum absolute atomic E-state index is 0.0295. The maximum atomic E-state index is 12.1. The van der Waals surface area contributed by atoms with E-state index >= 15 is 0 Å². The zero-order valence-corrected chi connectivity index (χ0v) is 27.1. The number of carbonyl (C=O) groups excluding carboxylic acids is 3. The van der Waals surface area contributed by atoms with Gasteiger partial charge in [0.25, 0.3) is 0 Å². The molecule has 0 bridgehead atoms. The van der Waals surface area contributed by atoms with Gasteiger partial charge in [0.15, 0.2) is 0 Å². The van der Waals surface area contributed by atoms with Crippen molar-refractivity contribution in [2.24, 2.45) is 0 Å². The van der Waals surface area contributed by atoms with Crippen molar-refractivity contribution in [3.8, 4) is 0 Å². The summed E-state index contributed by atoms with van der Waals surface area (Å²) < 4.78 is 4.91. The van der Waals surface area contributed by atoms with Crippen LogP contribution in [-0.4, -0.2) is 17.7 Å². The van der Waals surface area contributed by atoms with E-state index in [1.54, 1.807) is 0 Å². The fraction of sp³-hybridized carbons (Fsp3) is 0.917. The van der Waals surface area contributed by atoms with Crippen molar-refractivity contribution in [2.45, 2.75) is 213 Å². The van der Waals surface area contributed by atoms with E-state index in [0.717, 1.165) is 32.1 Å². The number of hydrogen-bond donors (Lipinski definition) is 0. The average molecular weight is 565 g/mol. The Hall–Kier alpha value is -1.19. The molecule has 0 aromatic rings. The third kappa shape index (κ3) is 31.3. The molecule has 4 heteroatoms. The molecule has 0 saturated carbocycles. The topological polar surface area (TPSA) is 60.4 Å². The molecule has 0 atom stereocenters. The highest BCUT2D eigenvalue weighted by Gasteiger charge is 2.12. The van der Waals surface area contributed by atoms with Crippen LogP contribution in [0.25, 0.3) is 0 Å². The van der Waals surface area contributed by atoms with E-state index in [2.05, 4.69) is 13.8 Å². The maximum absolute atomic E-state index is 12.1. The van der Waals surface area contributed by atoms with Crippen molar-refractivity contribution in [2.75, 3.05) is 0 Å². The van der Waals surface area contributed by atoms with Crippen molar-refractivity contribution < 1.29 is 19.1 Å². The first-order chi connectivity index (χ1) is 19.6. The summed E-state index contributed by atoms with van der Waals surface area (Å²) in [5.41, 5.74) is 0. The largest absolute Gasteiger partial charge is 0.393 e. The lowest BCUT2D eigenvalue weighted by Crippen LogP contribution is -2.13. The molecule has 40 heavy (non-hydrogen) atoms. The number of Topliss-reactive ketones (excluding diaryl/α,β-unsaturated/α-hetero) is 1. The standard InChI is InChI=1S/C36H68O4/c1-3-5-7-9-11-13-15-17-18-19-21-23-25-27-29-31-35(38)40-36(39)33-32-34(37)30-28-26-24-22-20-16-14-12-10-8-6-4-2/h3-33H2,1-2H3. The Balaban J connectivity index is 3.40. The van der Waals surface area contributed by atoms with Crippen LogP contribution in [-0.2, 0) is 19.1 Å². The van der Waals surface area contributed by atoms with Gasteiger partial charge in [0.05, 0.1) is 6.42 Å². The zero-order chi connectivity index (χ0) is 29.4. The molecule has 0 rings (SSSR count). The number of ketones is 1. The number of rotatable bonds is 32. The lowest BCUT2D eigenvalue weighted by molar-refractivity contribution is -0.160. The molecule has 236 valence electrons. The van der Waals surface area contributed by atoms with Crippen LogP contribution in [0.4, 0.5) is 0 Å². The van der Waals surface area contributed by atoms with Crippen LogP contribution >= 0.6 is 0 Å². The van der Waals surface area contributed by atoms with Crippen LogP contribution in [0.3, 0.4) is 0 Å². The van der Waals surface area contributed by atoms with Gasteiger partial charge in [-0.2, -0.15) is 0 Å². The van der Waals surface area contributed by atoms with E-state index in [4.69, 9.17) is 4.74 Å². The molecule has 0 saturated heterocycles. The Labute approximate surface area is 249 Å². The molecule has 0 heterocycles. The smallest absolute Gasteiger partial charge is 0.313 e. The Morgan fingerprint density at radius 1 is 0.325 bits per heavy atom. The highest BCUT2D eigenvalue weighted by Crippen LogP contribution is 2.15. The van der Waals surface area contributed by atoms with E-state index in [1.807, 2.05) is 0 Å². The molecule has 0 aromatic carbocycles. The van der Waals surface area contributed by atoms with Crippen LogP contribution in [0.1, 0.15) is 213 Å². The average Bonchev–Trinajstić information content (AvgIpc) is 2.94. The summed E-state index contributed by atoms with van der Waals surface area (Å²) in [6.45, 7) is 4.52. The van der Waals surface area contributed by atoms with Crippen LogP contribution in [0, 0.1) is 0 Å². The summed E-state index contributed by atoms with van der Waals surface area (Å²) in [5.74, 6) is -0.874. The number of unbranched alkanes of at least 4 members (excludes halogenated alkanes) is 25. The molecule has 0 aliphatic rings. The molecule has 0 radical (unpaired) electrons. The Kier molecular flexibility index (Phi) is 31.4. The molecule has 0 aliphatic heterocycles. The SMILES string of the molecule is CCCCCCCCCCCCCCCCCC(=O)OC(=O)CCC(=O)CCCCCCCCCCCCCC. The molecular formula is C36H68O4. The van der Waals surface area contributed by atoms with Gasteiger partial charge in [0, 0.05) is 19.3 Å². The van der Waals surface area contributed by atoms with Gasteiger partial charge >= 0.3 is 11.9 Å². The molecule has 0 spiro atoms. The maximum Gasteiger partial charge on any atom is 0.313 e. The molecule has 0 unspecified atom stereocenters. The summed E-state index contributed by atoms with van der Waals surface area (Å²) in [6, 6.07) is 0. The zero-order valence-electron chi connectivity index (χ0n) is 27.1. The third-order valence-corrected chi connectivity index (χ3v) is 8.13. The number of esters is 2. The normalized spacial score (nSPS) is 11.2. The van der Waals surface area contributed by atoms with Gasteiger partial charge in [-0.05, 0) is 12.8 Å². The van der Waals surface area contributed by atoms with Gasteiger partial charge in [0.2, 0.25) is 0 Å². The second-order valence-corrected chi connectivity index (χ2v) is 12.2. The Morgan fingerprint density at radius 3 is 0.950 bits per heavy atom. The summed E-state index contributed by atoms with van der Waals surface area (Å²) in [4.78, 5) is 35.9. The van der Waals surface area contributed by atoms with Gasteiger partial charge in [-0.25, -0.2) is 0 Å². The van der Waals surface area contributed by atoms with Crippen molar-refractivity contribution >= 4 is 17.7 Å². The first-order valence-corrected chi connectivity index (χ1v) is 17.8. The van der Waals surface area contributed by atoms with Gasteiger partial charge in [0.1, 0.15) is 5.78 Å². The quantitative estimate of drug-likeness (QED) is 0.0463. The van der Waals surface area contributed by atoms with Crippen molar-refractivity contribution in [1.82, 2.24) is 0 Å². The van der Waals surface area contributed by atoms with Gasteiger partial charge in [-0.1, -0.05) is 174 Å². The summed E-state index contributed by atoms with van der Waals surface area (Å²) in [6.07, 6.45) is 35.6. The number of ether oxygens (including phenoxy) is 1. The minimum atomic E-state index is -0.547. The van der Waals surface area contributed by atoms with Crippen molar-refractivity contribution in [3.05, 3.63) is 0 Å². The van der Waals surface area contributed by atoms with Crippen LogP contribution in [0.2, 0.25) is 0 Å². The second-order valence-electron chi connectivity index (χ2n) is 12.2. The molecule has 4 nitrogen and oxygen atoms in total. The first kappa shape index (κ1) is 38.8. The molecular weight excluding hydrogens is 496 g/mol. The Bertz CT molecular complexity index is 571. The lowest BCUT2D eigenvalue weighted by atomic mass is 10.0. The fourth-order valence-electron chi connectivity index (χ4n) is 5.40. The Morgan fingerprint density at radius 2 is 0.600 bits per heavy atom. The van der Waals surface area contributed by atoms with Gasteiger partial charge in [-0.3, -0.25) is 14.4 Å². The summed E-state index contributed by atoms with van der Waals surface area (Å²) in [7, 11) is 0. The monoisotopic (exact) mass is 565 g/mol. The predicted molar refractivity (Wildman–Crippen MR) is 171 cm³/mol. The molecule has 0 fully saturated rings. The minimum Gasteiger partial charge on any atom is -0.393 e. The van der Waals surface area contributed by atoms with Crippen LogP contribution in [0.15, 0.2) is 0 Å². The molecule has 0 N–H and O–H groups in total. The van der Waals surface area contributed by atoms with Crippen LogP contribution in [0.5, 0.6) is 0 Å². The van der Waals surface area contributed by atoms with Crippen molar-refractivity contribution in [1.29, 1.82) is 0 Å². The van der Waals surface area contributed by atoms with Gasteiger partial charge < -0.3 is 4.74 Å². The summed E-state index contributed by atoms with van der Waals surface area (Å²) >= 11 is 0. The molecule has 0 aromatic heterocycles. The molecule has 0 aliphatic carbocycles.